The summed E-state index contributed by atoms with van der Waals surface area (Å²) in [5.74, 6) is 0.614. The summed E-state index contributed by atoms with van der Waals surface area (Å²) in [6.45, 7) is 2.15. The van der Waals surface area contributed by atoms with Crippen LogP contribution in [-0.4, -0.2) is 17.1 Å². The summed E-state index contributed by atoms with van der Waals surface area (Å²) in [6.07, 6.45) is 5.45. The van der Waals surface area contributed by atoms with Gasteiger partial charge in [0.05, 0.1) is 14.9 Å². The van der Waals surface area contributed by atoms with Crippen molar-refractivity contribution in [3.63, 3.8) is 0 Å². The molecule has 0 atom stereocenters. The molecule has 0 aliphatic heterocycles. The standard InChI is InChI=1S/C14H19BrN2O3/c1-10-7-13(11(15)8-12(10)17(18)19)20-9-14(16)5-3-2-4-6-14/h7-8H,2-6,9,16H2,1H3. The van der Waals surface area contributed by atoms with E-state index in [1.54, 1.807) is 13.0 Å². The van der Waals surface area contributed by atoms with E-state index in [1.807, 2.05) is 0 Å². The summed E-state index contributed by atoms with van der Waals surface area (Å²) in [5.41, 5.74) is 6.73. The van der Waals surface area contributed by atoms with Crippen LogP contribution in [0.4, 0.5) is 5.69 Å². The number of hydrogen-bond acceptors (Lipinski definition) is 4. The molecular weight excluding hydrogens is 324 g/mol. The Hall–Kier alpha value is -1.14. The summed E-state index contributed by atoms with van der Waals surface area (Å²) in [4.78, 5) is 10.5. The van der Waals surface area contributed by atoms with E-state index in [9.17, 15) is 10.1 Å². The van der Waals surface area contributed by atoms with Crippen molar-refractivity contribution in [2.45, 2.75) is 44.6 Å². The number of aryl methyl sites for hydroxylation is 1. The summed E-state index contributed by atoms with van der Waals surface area (Å²) < 4.78 is 6.39. The van der Waals surface area contributed by atoms with Gasteiger partial charge in [0.1, 0.15) is 12.4 Å². The van der Waals surface area contributed by atoms with Crippen LogP contribution in [0.1, 0.15) is 37.7 Å². The second-order valence-electron chi connectivity index (χ2n) is 5.54. The van der Waals surface area contributed by atoms with E-state index in [2.05, 4.69) is 15.9 Å². The number of ether oxygens (including phenoxy) is 1. The Bertz CT molecular complexity index is 513. The van der Waals surface area contributed by atoms with E-state index in [4.69, 9.17) is 10.5 Å². The Morgan fingerprint density at radius 2 is 2.05 bits per heavy atom. The molecule has 110 valence electrons. The highest BCUT2D eigenvalue weighted by atomic mass is 79.9. The lowest BCUT2D eigenvalue weighted by Gasteiger charge is -2.33. The summed E-state index contributed by atoms with van der Waals surface area (Å²) >= 11 is 3.32. The smallest absolute Gasteiger partial charge is 0.273 e. The molecule has 2 rings (SSSR count). The minimum Gasteiger partial charge on any atom is -0.490 e. The number of nitrogens with zero attached hydrogens (tertiary/aromatic N) is 1. The van der Waals surface area contributed by atoms with E-state index >= 15 is 0 Å². The number of nitrogens with two attached hydrogens (primary N) is 1. The maximum absolute atomic E-state index is 10.9. The number of nitro groups is 1. The molecule has 0 spiro atoms. The fourth-order valence-corrected chi connectivity index (χ4v) is 3.02. The van der Waals surface area contributed by atoms with Crippen LogP contribution in [0.15, 0.2) is 16.6 Å². The summed E-state index contributed by atoms with van der Waals surface area (Å²) in [5, 5.41) is 10.9. The Labute approximate surface area is 126 Å². The van der Waals surface area contributed by atoms with Gasteiger partial charge < -0.3 is 10.5 Å². The molecule has 0 amide bonds. The highest BCUT2D eigenvalue weighted by Crippen LogP contribution is 2.34. The first-order chi connectivity index (χ1) is 9.41. The number of nitro benzene ring substituents is 1. The van der Waals surface area contributed by atoms with Gasteiger partial charge in [-0.2, -0.15) is 0 Å². The predicted molar refractivity (Wildman–Crippen MR) is 81.0 cm³/mol. The van der Waals surface area contributed by atoms with Gasteiger partial charge in [-0.3, -0.25) is 10.1 Å². The van der Waals surface area contributed by atoms with E-state index in [0.717, 1.165) is 25.7 Å². The van der Waals surface area contributed by atoms with Crippen molar-refractivity contribution in [3.05, 3.63) is 32.3 Å². The molecule has 2 N–H and O–H groups in total. The first kappa shape index (κ1) is 15.3. The fourth-order valence-electron chi connectivity index (χ4n) is 2.57. The van der Waals surface area contributed by atoms with Crippen LogP contribution >= 0.6 is 15.9 Å². The Kier molecular flexibility index (Phi) is 4.65. The number of halogens is 1. The molecule has 0 saturated heterocycles. The maximum atomic E-state index is 10.9. The van der Waals surface area contributed by atoms with E-state index in [0.29, 0.717) is 22.4 Å². The molecule has 0 bridgehead atoms. The summed E-state index contributed by atoms with van der Waals surface area (Å²) in [6, 6.07) is 3.17. The van der Waals surface area contributed by atoms with Crippen molar-refractivity contribution < 1.29 is 9.66 Å². The third-order valence-electron chi connectivity index (χ3n) is 3.81. The van der Waals surface area contributed by atoms with Crippen LogP contribution in [0.25, 0.3) is 0 Å². The quantitative estimate of drug-likeness (QED) is 0.668. The highest BCUT2D eigenvalue weighted by molar-refractivity contribution is 9.10. The molecule has 1 saturated carbocycles. The largest absolute Gasteiger partial charge is 0.490 e. The Balaban J connectivity index is 2.10. The zero-order valence-electron chi connectivity index (χ0n) is 11.5. The molecule has 0 radical (unpaired) electrons. The SMILES string of the molecule is Cc1cc(OCC2(N)CCCCC2)c(Br)cc1[N+](=O)[O-]. The fraction of sp³-hybridized carbons (Fsp3) is 0.571. The molecule has 1 fully saturated rings. The molecule has 1 aliphatic carbocycles. The first-order valence-electron chi connectivity index (χ1n) is 6.77. The minimum absolute atomic E-state index is 0.0874. The molecule has 0 aromatic heterocycles. The van der Waals surface area contributed by atoms with Gasteiger partial charge in [0.15, 0.2) is 0 Å². The third-order valence-corrected chi connectivity index (χ3v) is 4.43. The second kappa shape index (κ2) is 6.10. The van der Waals surface area contributed by atoms with Crippen LogP contribution in [0, 0.1) is 17.0 Å². The number of benzene rings is 1. The van der Waals surface area contributed by atoms with Crippen LogP contribution in [0.2, 0.25) is 0 Å². The van der Waals surface area contributed by atoms with Crippen molar-refractivity contribution >= 4 is 21.6 Å². The van der Waals surface area contributed by atoms with Crippen molar-refractivity contribution in [1.29, 1.82) is 0 Å². The molecule has 6 heteroatoms. The molecule has 1 aromatic rings. The maximum Gasteiger partial charge on any atom is 0.273 e. The van der Waals surface area contributed by atoms with E-state index < -0.39 is 4.92 Å². The van der Waals surface area contributed by atoms with Gasteiger partial charge in [-0.05, 0) is 41.8 Å². The van der Waals surface area contributed by atoms with E-state index in [1.165, 1.54) is 12.5 Å². The van der Waals surface area contributed by atoms with Gasteiger partial charge in [-0.1, -0.05) is 19.3 Å². The van der Waals surface area contributed by atoms with Crippen molar-refractivity contribution in [2.24, 2.45) is 5.73 Å². The molecule has 1 aliphatic rings. The van der Waals surface area contributed by atoms with Crippen molar-refractivity contribution in [1.82, 2.24) is 0 Å². The topological polar surface area (TPSA) is 78.4 Å². The molecule has 1 aromatic carbocycles. The lowest BCUT2D eigenvalue weighted by Crippen LogP contribution is -2.47. The molecular formula is C14H19BrN2O3. The number of rotatable bonds is 4. The monoisotopic (exact) mass is 342 g/mol. The predicted octanol–water partition coefficient (Wildman–Crippen LogP) is 3.71. The van der Waals surface area contributed by atoms with Gasteiger partial charge in [0, 0.05) is 11.6 Å². The highest BCUT2D eigenvalue weighted by Gasteiger charge is 2.28. The Morgan fingerprint density at radius 3 is 2.65 bits per heavy atom. The average Bonchev–Trinajstić information content (AvgIpc) is 2.40. The average molecular weight is 343 g/mol. The molecule has 0 unspecified atom stereocenters. The zero-order valence-corrected chi connectivity index (χ0v) is 13.1. The zero-order chi connectivity index (χ0) is 14.8. The molecule has 20 heavy (non-hydrogen) atoms. The Morgan fingerprint density at radius 1 is 1.40 bits per heavy atom. The lowest BCUT2D eigenvalue weighted by molar-refractivity contribution is -0.385. The van der Waals surface area contributed by atoms with Gasteiger partial charge in [-0.15, -0.1) is 0 Å². The normalized spacial score (nSPS) is 17.8. The van der Waals surface area contributed by atoms with Gasteiger partial charge >= 0.3 is 0 Å². The van der Waals surface area contributed by atoms with Gasteiger partial charge in [0.25, 0.3) is 5.69 Å². The van der Waals surface area contributed by atoms with Crippen molar-refractivity contribution in [3.8, 4) is 5.75 Å². The third kappa shape index (κ3) is 3.49. The summed E-state index contributed by atoms with van der Waals surface area (Å²) in [7, 11) is 0. The minimum atomic E-state index is -0.393. The van der Waals surface area contributed by atoms with Crippen LogP contribution in [-0.2, 0) is 0 Å². The lowest BCUT2D eigenvalue weighted by atomic mass is 9.83. The number of hydrogen-bond donors (Lipinski definition) is 1. The first-order valence-corrected chi connectivity index (χ1v) is 7.57. The van der Waals surface area contributed by atoms with Crippen LogP contribution < -0.4 is 10.5 Å². The molecule has 0 heterocycles. The van der Waals surface area contributed by atoms with Crippen molar-refractivity contribution in [2.75, 3.05) is 6.61 Å². The van der Waals surface area contributed by atoms with Gasteiger partial charge in [-0.25, -0.2) is 0 Å². The van der Waals surface area contributed by atoms with Crippen LogP contribution in [0.5, 0.6) is 5.75 Å². The van der Waals surface area contributed by atoms with Crippen LogP contribution in [0.3, 0.4) is 0 Å². The van der Waals surface area contributed by atoms with Gasteiger partial charge in [0.2, 0.25) is 0 Å². The van der Waals surface area contributed by atoms with E-state index in [-0.39, 0.29) is 11.2 Å². The second-order valence-corrected chi connectivity index (χ2v) is 6.39. The molecule has 5 nitrogen and oxygen atoms in total.